The minimum atomic E-state index is -0.486. The third-order valence-electron chi connectivity index (χ3n) is 3.43. The summed E-state index contributed by atoms with van der Waals surface area (Å²) in [5, 5.41) is 6.15. The molecule has 1 aliphatic rings. The Bertz CT molecular complexity index is 490. The number of benzene rings is 1. The molecular formula is C14H19BrClFN2O2. The van der Waals surface area contributed by atoms with Gasteiger partial charge in [-0.2, -0.15) is 0 Å². The Morgan fingerprint density at radius 3 is 3.00 bits per heavy atom. The molecule has 0 radical (unpaired) electrons. The molecule has 1 heterocycles. The van der Waals surface area contributed by atoms with Gasteiger partial charge in [-0.3, -0.25) is 4.79 Å². The van der Waals surface area contributed by atoms with Crippen molar-refractivity contribution in [2.24, 2.45) is 5.92 Å². The third-order valence-corrected chi connectivity index (χ3v) is 3.92. The fourth-order valence-corrected chi connectivity index (χ4v) is 2.50. The first-order valence-electron chi connectivity index (χ1n) is 6.64. The molecule has 21 heavy (non-hydrogen) atoms. The average molecular weight is 382 g/mol. The predicted octanol–water partition coefficient (Wildman–Crippen LogP) is 2.50. The van der Waals surface area contributed by atoms with Crippen molar-refractivity contribution in [3.05, 3.63) is 28.5 Å². The van der Waals surface area contributed by atoms with Gasteiger partial charge in [-0.1, -0.05) is 22.9 Å². The van der Waals surface area contributed by atoms with Crippen molar-refractivity contribution in [2.45, 2.75) is 19.4 Å². The van der Waals surface area contributed by atoms with Gasteiger partial charge in [0.25, 0.3) is 5.91 Å². The molecule has 1 aliphatic heterocycles. The number of amides is 1. The standard InChI is InChI=1S/C14H18BrFN2O2.ClH/c1-9-4-5-17-7-12(9)18-14(19)8-20-13-3-2-10(15)6-11(13)16;/h2-3,6,9,12,17H,4-5,7-8H2,1H3,(H,18,19);1H. The Hall–Kier alpha value is -0.850. The van der Waals surface area contributed by atoms with E-state index in [0.29, 0.717) is 10.4 Å². The van der Waals surface area contributed by atoms with Gasteiger partial charge in [0.15, 0.2) is 18.2 Å². The SMILES string of the molecule is CC1CCNCC1NC(=O)COc1ccc(Br)cc1F.Cl. The molecule has 0 saturated carbocycles. The van der Waals surface area contributed by atoms with Gasteiger partial charge in [-0.25, -0.2) is 4.39 Å². The Morgan fingerprint density at radius 2 is 2.33 bits per heavy atom. The first kappa shape index (κ1) is 18.2. The Balaban J connectivity index is 0.00000220. The molecule has 2 atom stereocenters. The largest absolute Gasteiger partial charge is 0.481 e. The van der Waals surface area contributed by atoms with Gasteiger partial charge in [0, 0.05) is 17.1 Å². The number of ether oxygens (including phenoxy) is 1. The zero-order chi connectivity index (χ0) is 14.5. The minimum absolute atomic E-state index is 0. The lowest BCUT2D eigenvalue weighted by Crippen LogP contribution is -2.51. The number of carbonyl (C=O) groups is 1. The van der Waals surface area contributed by atoms with Gasteiger partial charge in [0.05, 0.1) is 0 Å². The van der Waals surface area contributed by atoms with Crippen LogP contribution in [0.25, 0.3) is 0 Å². The van der Waals surface area contributed by atoms with Crippen molar-refractivity contribution in [1.82, 2.24) is 10.6 Å². The molecule has 1 aromatic rings. The second-order valence-electron chi connectivity index (χ2n) is 5.01. The van der Waals surface area contributed by atoms with E-state index in [9.17, 15) is 9.18 Å². The van der Waals surface area contributed by atoms with E-state index in [1.54, 1.807) is 6.07 Å². The zero-order valence-corrected chi connectivity index (χ0v) is 14.1. The maximum Gasteiger partial charge on any atom is 0.258 e. The van der Waals surface area contributed by atoms with Gasteiger partial charge in [0.1, 0.15) is 0 Å². The molecule has 1 fully saturated rings. The minimum Gasteiger partial charge on any atom is -0.481 e. The summed E-state index contributed by atoms with van der Waals surface area (Å²) >= 11 is 3.17. The van der Waals surface area contributed by atoms with Crippen molar-refractivity contribution < 1.29 is 13.9 Å². The van der Waals surface area contributed by atoms with Crippen LogP contribution < -0.4 is 15.4 Å². The van der Waals surface area contributed by atoms with Gasteiger partial charge < -0.3 is 15.4 Å². The first-order valence-corrected chi connectivity index (χ1v) is 7.43. The number of hydrogen-bond acceptors (Lipinski definition) is 3. The van der Waals surface area contributed by atoms with E-state index in [2.05, 4.69) is 33.5 Å². The Labute approximate surface area is 138 Å². The number of nitrogens with one attached hydrogen (secondary N) is 2. The molecular weight excluding hydrogens is 363 g/mol. The van der Waals surface area contributed by atoms with Gasteiger partial charge in [-0.15, -0.1) is 12.4 Å². The highest BCUT2D eigenvalue weighted by Crippen LogP contribution is 2.21. The molecule has 1 amide bonds. The summed E-state index contributed by atoms with van der Waals surface area (Å²) in [5.41, 5.74) is 0. The van der Waals surface area contributed by atoms with E-state index >= 15 is 0 Å². The van der Waals surface area contributed by atoms with Crippen LogP contribution in [-0.2, 0) is 4.79 Å². The third kappa shape index (κ3) is 5.45. The molecule has 0 aliphatic carbocycles. The van der Waals surface area contributed by atoms with Gasteiger partial charge in [0.2, 0.25) is 0 Å². The van der Waals surface area contributed by atoms with Crippen LogP contribution >= 0.6 is 28.3 Å². The quantitative estimate of drug-likeness (QED) is 0.842. The molecule has 1 aromatic carbocycles. The Morgan fingerprint density at radius 1 is 1.57 bits per heavy atom. The smallest absolute Gasteiger partial charge is 0.258 e. The number of hydrogen-bond donors (Lipinski definition) is 2. The number of halogens is 3. The van der Waals surface area contributed by atoms with E-state index < -0.39 is 5.82 Å². The fourth-order valence-electron chi connectivity index (χ4n) is 2.17. The molecule has 4 nitrogen and oxygen atoms in total. The van der Waals surface area contributed by atoms with Crippen LogP contribution in [0.4, 0.5) is 4.39 Å². The van der Waals surface area contributed by atoms with E-state index in [0.717, 1.165) is 19.5 Å². The Kier molecular flexibility index (Phi) is 7.42. The van der Waals surface area contributed by atoms with Crippen molar-refractivity contribution in [3.8, 4) is 5.75 Å². The van der Waals surface area contributed by atoms with Crippen molar-refractivity contribution in [2.75, 3.05) is 19.7 Å². The zero-order valence-electron chi connectivity index (χ0n) is 11.7. The van der Waals surface area contributed by atoms with Crippen molar-refractivity contribution >= 4 is 34.2 Å². The molecule has 2 N–H and O–H groups in total. The summed E-state index contributed by atoms with van der Waals surface area (Å²) in [7, 11) is 0. The summed E-state index contributed by atoms with van der Waals surface area (Å²) < 4.78 is 19.4. The van der Waals surface area contributed by atoms with Crippen LogP contribution in [0.1, 0.15) is 13.3 Å². The van der Waals surface area contributed by atoms with E-state index in [1.165, 1.54) is 12.1 Å². The highest BCUT2D eigenvalue weighted by Gasteiger charge is 2.22. The van der Waals surface area contributed by atoms with Crippen LogP contribution in [0, 0.1) is 11.7 Å². The monoisotopic (exact) mass is 380 g/mol. The molecule has 0 bridgehead atoms. The molecule has 2 rings (SSSR count). The molecule has 2 unspecified atom stereocenters. The molecule has 7 heteroatoms. The second kappa shape index (κ2) is 8.56. The predicted molar refractivity (Wildman–Crippen MR) is 85.4 cm³/mol. The van der Waals surface area contributed by atoms with Crippen molar-refractivity contribution in [1.29, 1.82) is 0 Å². The first-order chi connectivity index (χ1) is 9.56. The highest BCUT2D eigenvalue weighted by atomic mass is 79.9. The second-order valence-corrected chi connectivity index (χ2v) is 5.92. The number of piperidine rings is 1. The van der Waals surface area contributed by atoms with Gasteiger partial charge >= 0.3 is 0 Å². The summed E-state index contributed by atoms with van der Waals surface area (Å²) in [6.07, 6.45) is 1.03. The van der Waals surface area contributed by atoms with Crippen LogP contribution in [-0.4, -0.2) is 31.6 Å². The van der Waals surface area contributed by atoms with E-state index in [4.69, 9.17) is 4.74 Å². The maximum atomic E-state index is 13.5. The maximum absolute atomic E-state index is 13.5. The molecule has 1 saturated heterocycles. The highest BCUT2D eigenvalue weighted by molar-refractivity contribution is 9.10. The average Bonchev–Trinajstić information content (AvgIpc) is 2.40. The van der Waals surface area contributed by atoms with Gasteiger partial charge in [-0.05, 0) is 37.1 Å². The normalized spacial score (nSPS) is 21.3. The fraction of sp³-hybridized carbons (Fsp3) is 0.500. The van der Waals surface area contributed by atoms with Crippen LogP contribution in [0.2, 0.25) is 0 Å². The molecule has 0 aromatic heterocycles. The summed E-state index contributed by atoms with van der Waals surface area (Å²) in [6, 6.07) is 4.58. The van der Waals surface area contributed by atoms with E-state index in [1.807, 2.05) is 0 Å². The number of rotatable bonds is 4. The lowest BCUT2D eigenvalue weighted by molar-refractivity contribution is -0.124. The summed E-state index contributed by atoms with van der Waals surface area (Å²) in [5.74, 6) is -0.199. The van der Waals surface area contributed by atoms with Crippen LogP contribution in [0.3, 0.4) is 0 Å². The van der Waals surface area contributed by atoms with Crippen LogP contribution in [0.15, 0.2) is 22.7 Å². The lowest BCUT2D eigenvalue weighted by atomic mass is 9.95. The lowest BCUT2D eigenvalue weighted by Gasteiger charge is -2.30. The molecule has 0 spiro atoms. The number of carbonyl (C=O) groups excluding carboxylic acids is 1. The summed E-state index contributed by atoms with van der Waals surface area (Å²) in [4.78, 5) is 11.8. The van der Waals surface area contributed by atoms with E-state index in [-0.39, 0.29) is 36.7 Å². The molecule has 118 valence electrons. The van der Waals surface area contributed by atoms with Crippen molar-refractivity contribution in [3.63, 3.8) is 0 Å². The summed E-state index contributed by atoms with van der Waals surface area (Å²) in [6.45, 7) is 3.68. The topological polar surface area (TPSA) is 50.4 Å². The van der Waals surface area contributed by atoms with Crippen LogP contribution in [0.5, 0.6) is 5.75 Å².